The van der Waals surface area contributed by atoms with Gasteiger partial charge in [0.1, 0.15) is 4.90 Å². The molecule has 0 atom stereocenters. The normalized spacial score (nSPS) is 12.6. The van der Waals surface area contributed by atoms with Gasteiger partial charge in [0.05, 0.1) is 5.69 Å². The molecule has 0 spiro atoms. The average molecular weight is 311 g/mol. The van der Waals surface area contributed by atoms with E-state index in [1.54, 1.807) is 0 Å². The summed E-state index contributed by atoms with van der Waals surface area (Å²) in [6.07, 6.45) is -3.95. The maximum atomic E-state index is 11.9. The van der Waals surface area contributed by atoms with Crippen LogP contribution in [0.5, 0.6) is 0 Å². The number of hydrogen-bond acceptors (Lipinski definition) is 4. The number of hydrogen-bond donors (Lipinski definition) is 2. The number of nitrogens with two attached hydrogens (primary N) is 1. The third-order valence-corrected chi connectivity index (χ3v) is 3.94. The van der Waals surface area contributed by atoms with Crippen LogP contribution in [0.1, 0.15) is 25.0 Å². The van der Waals surface area contributed by atoms with Gasteiger partial charge in [0.15, 0.2) is 0 Å². The first kappa shape index (κ1) is 16.9. The van der Waals surface area contributed by atoms with Gasteiger partial charge in [-0.3, -0.25) is 4.98 Å². The topological polar surface area (TPSA) is 85.1 Å². The molecule has 3 N–H and O–H groups in total. The Bertz CT molecular complexity index is 515. The first-order chi connectivity index (χ1) is 9.24. The van der Waals surface area contributed by atoms with Crippen molar-refractivity contribution in [2.45, 2.75) is 36.9 Å². The maximum absolute atomic E-state index is 11.9. The van der Waals surface area contributed by atoms with E-state index in [0.29, 0.717) is 5.69 Å². The molecule has 0 aliphatic carbocycles. The quantitative estimate of drug-likeness (QED) is 0.748. The fourth-order valence-electron chi connectivity index (χ4n) is 1.43. The van der Waals surface area contributed by atoms with E-state index in [2.05, 4.69) is 9.71 Å². The summed E-state index contributed by atoms with van der Waals surface area (Å²) in [7, 11) is -3.74. The van der Waals surface area contributed by atoms with Crippen molar-refractivity contribution in [3.05, 3.63) is 24.0 Å². The molecule has 0 aliphatic rings. The first-order valence-corrected chi connectivity index (χ1v) is 7.44. The number of nitrogens with zero attached hydrogens (tertiary/aromatic N) is 1. The number of sulfonamides is 1. The van der Waals surface area contributed by atoms with Gasteiger partial charge in [0.25, 0.3) is 0 Å². The highest BCUT2D eigenvalue weighted by Gasteiger charge is 2.25. The van der Waals surface area contributed by atoms with E-state index in [1.165, 1.54) is 18.3 Å². The van der Waals surface area contributed by atoms with Crippen molar-refractivity contribution in [1.82, 2.24) is 9.71 Å². The third kappa shape index (κ3) is 5.85. The van der Waals surface area contributed by atoms with E-state index < -0.39 is 22.6 Å². The van der Waals surface area contributed by atoms with Gasteiger partial charge in [-0.15, -0.1) is 0 Å². The Hall–Kier alpha value is -1.19. The molecule has 0 fully saturated rings. The highest BCUT2D eigenvalue weighted by Crippen LogP contribution is 2.21. The number of rotatable bonds is 7. The molecule has 1 aromatic heterocycles. The van der Waals surface area contributed by atoms with Crippen molar-refractivity contribution in [2.75, 3.05) is 6.54 Å². The van der Waals surface area contributed by atoms with Gasteiger partial charge in [0, 0.05) is 25.7 Å². The second kappa shape index (κ2) is 7.00. The van der Waals surface area contributed by atoms with Crippen LogP contribution >= 0.6 is 0 Å². The minimum Gasteiger partial charge on any atom is -0.325 e. The van der Waals surface area contributed by atoms with E-state index in [4.69, 9.17) is 5.73 Å². The fourth-order valence-corrected chi connectivity index (χ4v) is 2.45. The minimum absolute atomic E-state index is 0.0366. The molecule has 0 aromatic carbocycles. The van der Waals surface area contributed by atoms with Gasteiger partial charge in [0.2, 0.25) is 10.0 Å². The predicted octanol–water partition coefficient (Wildman–Crippen LogP) is 1.55. The van der Waals surface area contributed by atoms with Gasteiger partial charge in [-0.2, -0.15) is 13.2 Å². The minimum atomic E-state index is -4.21. The molecule has 0 unspecified atom stereocenters. The van der Waals surface area contributed by atoms with Crippen LogP contribution in [0.3, 0.4) is 0 Å². The Morgan fingerprint density at radius 3 is 2.45 bits per heavy atom. The molecular weight excluding hydrogens is 295 g/mol. The van der Waals surface area contributed by atoms with Gasteiger partial charge >= 0.3 is 6.18 Å². The number of aromatic nitrogens is 1. The Morgan fingerprint density at radius 2 is 1.95 bits per heavy atom. The number of halogens is 3. The zero-order valence-electron chi connectivity index (χ0n) is 10.7. The van der Waals surface area contributed by atoms with E-state index in [1.807, 2.05) is 0 Å². The summed E-state index contributed by atoms with van der Waals surface area (Å²) in [5, 5.41) is 0. The van der Waals surface area contributed by atoms with Crippen molar-refractivity contribution >= 4 is 10.0 Å². The standard InChI is InChI=1S/C11H16F3N3O2S/c12-11(13,14)5-1-2-6-17-20(18,19)10-4-3-9(7-15)16-8-10/h3-4,8,17H,1-2,5-7,15H2. The predicted molar refractivity (Wildman–Crippen MR) is 67.2 cm³/mol. The molecule has 0 radical (unpaired) electrons. The molecular formula is C11H16F3N3O2S. The van der Waals surface area contributed by atoms with Gasteiger partial charge in [-0.25, -0.2) is 13.1 Å². The molecule has 1 heterocycles. The van der Waals surface area contributed by atoms with Crippen LogP contribution in [0.2, 0.25) is 0 Å². The fraction of sp³-hybridized carbons (Fsp3) is 0.545. The zero-order chi connectivity index (χ0) is 15.2. The first-order valence-electron chi connectivity index (χ1n) is 5.96. The summed E-state index contributed by atoms with van der Waals surface area (Å²) in [4.78, 5) is 3.81. The number of pyridine rings is 1. The molecule has 5 nitrogen and oxygen atoms in total. The van der Waals surface area contributed by atoms with Crippen LogP contribution in [0, 0.1) is 0 Å². The molecule has 114 valence electrons. The molecule has 1 rings (SSSR count). The molecule has 9 heteroatoms. The summed E-state index contributed by atoms with van der Waals surface area (Å²) in [6.45, 7) is 0.155. The molecule has 20 heavy (non-hydrogen) atoms. The van der Waals surface area contributed by atoms with Crippen LogP contribution in [0.25, 0.3) is 0 Å². The van der Waals surface area contributed by atoms with Gasteiger partial charge in [-0.05, 0) is 25.0 Å². The van der Waals surface area contributed by atoms with Crippen molar-refractivity contribution in [3.63, 3.8) is 0 Å². The summed E-state index contributed by atoms with van der Waals surface area (Å²) in [5.74, 6) is 0. The Balaban J connectivity index is 2.45. The molecule has 0 saturated carbocycles. The Kier molecular flexibility index (Phi) is 5.90. The van der Waals surface area contributed by atoms with Crippen molar-refractivity contribution in [3.8, 4) is 0 Å². The lowest BCUT2D eigenvalue weighted by Gasteiger charge is -2.08. The molecule has 0 aliphatic heterocycles. The lowest BCUT2D eigenvalue weighted by Crippen LogP contribution is -2.25. The van der Waals surface area contributed by atoms with Crippen LogP contribution in [0.4, 0.5) is 13.2 Å². The number of alkyl halides is 3. The SMILES string of the molecule is NCc1ccc(S(=O)(=O)NCCCCC(F)(F)F)cn1. The van der Waals surface area contributed by atoms with Crippen LogP contribution in [-0.4, -0.2) is 26.1 Å². The van der Waals surface area contributed by atoms with Crippen LogP contribution in [-0.2, 0) is 16.6 Å². The van der Waals surface area contributed by atoms with Gasteiger partial charge in [-0.1, -0.05) is 0 Å². The Morgan fingerprint density at radius 1 is 1.25 bits per heavy atom. The highest BCUT2D eigenvalue weighted by molar-refractivity contribution is 7.89. The lowest BCUT2D eigenvalue weighted by atomic mass is 10.2. The smallest absolute Gasteiger partial charge is 0.325 e. The maximum Gasteiger partial charge on any atom is 0.389 e. The highest BCUT2D eigenvalue weighted by atomic mass is 32.2. The van der Waals surface area contributed by atoms with Gasteiger partial charge < -0.3 is 5.73 Å². The molecule has 0 amide bonds. The van der Waals surface area contributed by atoms with Crippen LogP contribution in [0.15, 0.2) is 23.2 Å². The van der Waals surface area contributed by atoms with Crippen molar-refractivity contribution < 1.29 is 21.6 Å². The van der Waals surface area contributed by atoms with E-state index >= 15 is 0 Å². The molecule has 0 saturated heterocycles. The number of unbranched alkanes of at least 4 members (excludes halogenated alkanes) is 1. The van der Waals surface area contributed by atoms with Crippen LogP contribution < -0.4 is 10.5 Å². The molecule has 1 aromatic rings. The third-order valence-electron chi connectivity index (χ3n) is 2.50. The average Bonchev–Trinajstić information content (AvgIpc) is 2.37. The summed E-state index contributed by atoms with van der Waals surface area (Å²) in [6, 6.07) is 2.84. The lowest BCUT2D eigenvalue weighted by molar-refractivity contribution is -0.135. The van der Waals surface area contributed by atoms with E-state index in [0.717, 1.165) is 0 Å². The van der Waals surface area contributed by atoms with E-state index in [9.17, 15) is 21.6 Å². The summed E-state index contributed by atoms with van der Waals surface area (Å²) < 4.78 is 61.5. The molecule has 0 bridgehead atoms. The summed E-state index contributed by atoms with van der Waals surface area (Å²) >= 11 is 0. The largest absolute Gasteiger partial charge is 0.389 e. The zero-order valence-corrected chi connectivity index (χ0v) is 11.5. The second-order valence-corrected chi connectivity index (χ2v) is 5.93. The van der Waals surface area contributed by atoms with Crippen molar-refractivity contribution in [1.29, 1.82) is 0 Å². The van der Waals surface area contributed by atoms with Crippen molar-refractivity contribution in [2.24, 2.45) is 5.73 Å². The Labute approximate surface area is 115 Å². The van der Waals surface area contributed by atoms with E-state index in [-0.39, 0.29) is 30.8 Å². The summed E-state index contributed by atoms with van der Waals surface area (Å²) in [5.41, 5.74) is 5.89. The second-order valence-electron chi connectivity index (χ2n) is 4.16. The monoisotopic (exact) mass is 311 g/mol. The number of nitrogens with one attached hydrogen (secondary N) is 1.